The average Bonchev–Trinajstić information content (AvgIpc) is 2.53. The molecular weight excluding hydrogens is 165 g/mol. The monoisotopic (exact) mass is 179 g/mol. The predicted octanol–water partition coefficient (Wildman–Crippen LogP) is 2.29. The van der Waals surface area contributed by atoms with Crippen molar-refractivity contribution in [3.05, 3.63) is 35.6 Å². The lowest BCUT2D eigenvalue weighted by Gasteiger charge is -2.07. The molecule has 0 bridgehead atoms. The quantitative estimate of drug-likeness (QED) is 0.697. The van der Waals surface area contributed by atoms with Gasteiger partial charge in [0.25, 0.3) is 0 Å². The SMILES string of the molecule is CC1CC(c2ccc(F)cc2)CN1. The molecule has 1 aliphatic rings. The van der Waals surface area contributed by atoms with Crippen LogP contribution in [0.2, 0.25) is 0 Å². The van der Waals surface area contributed by atoms with Crippen molar-refractivity contribution in [3.8, 4) is 0 Å². The fourth-order valence-corrected chi connectivity index (χ4v) is 1.93. The number of benzene rings is 1. The largest absolute Gasteiger partial charge is 0.314 e. The molecule has 1 N–H and O–H groups in total. The first-order chi connectivity index (χ1) is 6.25. The molecular formula is C11H14FN. The van der Waals surface area contributed by atoms with Crippen LogP contribution >= 0.6 is 0 Å². The summed E-state index contributed by atoms with van der Waals surface area (Å²) in [5.74, 6) is 0.415. The predicted molar refractivity (Wildman–Crippen MR) is 51.2 cm³/mol. The number of hydrogen-bond acceptors (Lipinski definition) is 1. The smallest absolute Gasteiger partial charge is 0.123 e. The van der Waals surface area contributed by atoms with Gasteiger partial charge in [0.15, 0.2) is 0 Å². The second-order valence-corrected chi connectivity index (χ2v) is 3.79. The van der Waals surface area contributed by atoms with Gasteiger partial charge in [0.05, 0.1) is 0 Å². The zero-order chi connectivity index (χ0) is 9.26. The van der Waals surface area contributed by atoms with Crippen LogP contribution in [-0.4, -0.2) is 12.6 Å². The zero-order valence-corrected chi connectivity index (χ0v) is 7.76. The average molecular weight is 179 g/mol. The normalized spacial score (nSPS) is 27.8. The van der Waals surface area contributed by atoms with Crippen molar-refractivity contribution in [3.63, 3.8) is 0 Å². The fraction of sp³-hybridized carbons (Fsp3) is 0.455. The zero-order valence-electron chi connectivity index (χ0n) is 7.76. The van der Waals surface area contributed by atoms with Crippen LogP contribution in [0.5, 0.6) is 0 Å². The van der Waals surface area contributed by atoms with E-state index in [0.29, 0.717) is 12.0 Å². The molecule has 13 heavy (non-hydrogen) atoms. The van der Waals surface area contributed by atoms with Crippen LogP contribution in [0.1, 0.15) is 24.8 Å². The maximum atomic E-state index is 12.6. The van der Waals surface area contributed by atoms with E-state index in [1.807, 2.05) is 12.1 Å². The Labute approximate surface area is 78.0 Å². The summed E-state index contributed by atoms with van der Waals surface area (Å²) in [6, 6.07) is 7.45. The molecule has 0 amide bonds. The minimum atomic E-state index is -0.150. The summed E-state index contributed by atoms with van der Waals surface area (Å²) in [7, 11) is 0. The van der Waals surface area contributed by atoms with Gasteiger partial charge in [0.2, 0.25) is 0 Å². The molecule has 0 aliphatic carbocycles. The molecule has 0 saturated carbocycles. The first-order valence-corrected chi connectivity index (χ1v) is 4.74. The minimum Gasteiger partial charge on any atom is -0.314 e. The van der Waals surface area contributed by atoms with Crippen molar-refractivity contribution in [1.82, 2.24) is 5.32 Å². The third-order valence-electron chi connectivity index (χ3n) is 2.69. The lowest BCUT2D eigenvalue weighted by Crippen LogP contribution is -2.16. The van der Waals surface area contributed by atoms with Crippen LogP contribution in [0, 0.1) is 5.82 Å². The lowest BCUT2D eigenvalue weighted by molar-refractivity contribution is 0.624. The van der Waals surface area contributed by atoms with E-state index in [4.69, 9.17) is 0 Å². The Hall–Kier alpha value is -0.890. The van der Waals surface area contributed by atoms with Crippen molar-refractivity contribution < 1.29 is 4.39 Å². The number of rotatable bonds is 1. The number of hydrogen-bond donors (Lipinski definition) is 1. The molecule has 0 spiro atoms. The van der Waals surface area contributed by atoms with Crippen molar-refractivity contribution in [2.75, 3.05) is 6.54 Å². The van der Waals surface area contributed by atoms with Crippen LogP contribution in [-0.2, 0) is 0 Å². The van der Waals surface area contributed by atoms with Gasteiger partial charge in [-0.05, 0) is 37.0 Å². The summed E-state index contributed by atoms with van der Waals surface area (Å²) in [5, 5.41) is 3.39. The van der Waals surface area contributed by atoms with E-state index in [1.165, 1.54) is 5.56 Å². The van der Waals surface area contributed by atoms with Gasteiger partial charge in [0, 0.05) is 12.6 Å². The number of nitrogens with one attached hydrogen (secondary N) is 1. The minimum absolute atomic E-state index is 0.150. The highest BCUT2D eigenvalue weighted by molar-refractivity contribution is 5.22. The van der Waals surface area contributed by atoms with Gasteiger partial charge in [-0.2, -0.15) is 0 Å². The van der Waals surface area contributed by atoms with E-state index < -0.39 is 0 Å². The summed E-state index contributed by atoms with van der Waals surface area (Å²) in [4.78, 5) is 0. The first-order valence-electron chi connectivity index (χ1n) is 4.74. The lowest BCUT2D eigenvalue weighted by atomic mass is 9.97. The summed E-state index contributed by atoms with van der Waals surface area (Å²) in [6.07, 6.45) is 1.16. The molecule has 1 aromatic rings. The Morgan fingerprint density at radius 2 is 2.00 bits per heavy atom. The van der Waals surface area contributed by atoms with E-state index in [-0.39, 0.29) is 5.82 Å². The summed E-state index contributed by atoms with van der Waals surface area (Å²) in [5.41, 5.74) is 1.25. The van der Waals surface area contributed by atoms with Gasteiger partial charge in [0.1, 0.15) is 5.82 Å². The van der Waals surface area contributed by atoms with E-state index in [9.17, 15) is 4.39 Å². The molecule has 1 aliphatic heterocycles. The van der Waals surface area contributed by atoms with Gasteiger partial charge in [-0.1, -0.05) is 12.1 Å². The summed E-state index contributed by atoms with van der Waals surface area (Å²) < 4.78 is 12.6. The Bertz CT molecular complexity index is 281. The third kappa shape index (κ3) is 1.89. The summed E-state index contributed by atoms with van der Waals surface area (Å²) >= 11 is 0. The van der Waals surface area contributed by atoms with Crippen LogP contribution in [0.4, 0.5) is 4.39 Å². The molecule has 2 unspecified atom stereocenters. The fourth-order valence-electron chi connectivity index (χ4n) is 1.93. The molecule has 70 valence electrons. The molecule has 1 heterocycles. The van der Waals surface area contributed by atoms with Crippen molar-refractivity contribution in [2.45, 2.75) is 25.3 Å². The van der Waals surface area contributed by atoms with Gasteiger partial charge >= 0.3 is 0 Å². The van der Waals surface area contributed by atoms with Crippen LogP contribution in [0.25, 0.3) is 0 Å². The molecule has 0 radical (unpaired) electrons. The van der Waals surface area contributed by atoms with E-state index in [1.54, 1.807) is 12.1 Å². The maximum Gasteiger partial charge on any atom is 0.123 e. The number of halogens is 1. The molecule has 1 saturated heterocycles. The van der Waals surface area contributed by atoms with E-state index >= 15 is 0 Å². The van der Waals surface area contributed by atoms with Gasteiger partial charge in [-0.15, -0.1) is 0 Å². The third-order valence-corrected chi connectivity index (χ3v) is 2.69. The Morgan fingerprint density at radius 3 is 2.54 bits per heavy atom. The van der Waals surface area contributed by atoms with E-state index in [2.05, 4.69) is 12.2 Å². The van der Waals surface area contributed by atoms with Crippen molar-refractivity contribution in [2.24, 2.45) is 0 Å². The Kier molecular flexibility index (Phi) is 2.32. The van der Waals surface area contributed by atoms with Crippen LogP contribution in [0.15, 0.2) is 24.3 Å². The highest BCUT2D eigenvalue weighted by Gasteiger charge is 2.21. The molecule has 2 rings (SSSR count). The van der Waals surface area contributed by atoms with Gasteiger partial charge in [-0.25, -0.2) is 4.39 Å². The molecule has 2 atom stereocenters. The molecule has 2 heteroatoms. The van der Waals surface area contributed by atoms with E-state index in [0.717, 1.165) is 13.0 Å². The van der Waals surface area contributed by atoms with Crippen molar-refractivity contribution >= 4 is 0 Å². The van der Waals surface area contributed by atoms with Gasteiger partial charge < -0.3 is 5.32 Å². The first kappa shape index (κ1) is 8.70. The highest BCUT2D eigenvalue weighted by Crippen LogP contribution is 2.25. The topological polar surface area (TPSA) is 12.0 Å². The van der Waals surface area contributed by atoms with Crippen LogP contribution in [0.3, 0.4) is 0 Å². The van der Waals surface area contributed by atoms with Crippen LogP contribution < -0.4 is 5.32 Å². The van der Waals surface area contributed by atoms with Gasteiger partial charge in [-0.3, -0.25) is 0 Å². The maximum absolute atomic E-state index is 12.6. The van der Waals surface area contributed by atoms with Crippen molar-refractivity contribution in [1.29, 1.82) is 0 Å². The molecule has 1 nitrogen and oxygen atoms in total. The Morgan fingerprint density at radius 1 is 1.31 bits per heavy atom. The summed E-state index contributed by atoms with van der Waals surface area (Å²) in [6.45, 7) is 3.20. The second kappa shape index (κ2) is 3.46. The molecule has 1 fully saturated rings. The highest BCUT2D eigenvalue weighted by atomic mass is 19.1. The Balaban J connectivity index is 2.13. The molecule has 0 aromatic heterocycles. The molecule has 1 aromatic carbocycles. The second-order valence-electron chi connectivity index (χ2n) is 3.79. The standard InChI is InChI=1S/C11H14FN/c1-8-6-10(7-13-8)9-2-4-11(12)5-3-9/h2-5,8,10,13H,6-7H2,1H3.